The maximum Gasteiger partial charge on any atom is 0.0707 e. The van der Waals surface area contributed by atoms with Gasteiger partial charge in [0.15, 0.2) is 0 Å². The number of benzene rings is 8. The van der Waals surface area contributed by atoms with E-state index in [0.29, 0.717) is 0 Å². The number of rotatable bonds is 4. The van der Waals surface area contributed by atoms with Crippen molar-refractivity contribution in [1.82, 2.24) is 9.88 Å². The zero-order valence-corrected chi connectivity index (χ0v) is 29.3. The number of dihydropyridines is 1. The van der Waals surface area contributed by atoms with Crippen LogP contribution in [0.5, 0.6) is 0 Å². The van der Waals surface area contributed by atoms with E-state index in [1.54, 1.807) is 0 Å². The van der Waals surface area contributed by atoms with Crippen molar-refractivity contribution in [1.29, 1.82) is 0 Å². The minimum atomic E-state index is -0.0248. The number of nitrogens with one attached hydrogen (secondary N) is 1. The summed E-state index contributed by atoms with van der Waals surface area (Å²) in [4.78, 5) is 0. The summed E-state index contributed by atoms with van der Waals surface area (Å²) in [5.41, 5.74) is 9.72. The van der Waals surface area contributed by atoms with Crippen LogP contribution in [-0.2, 0) is 0 Å². The van der Waals surface area contributed by atoms with E-state index in [1.807, 2.05) is 0 Å². The van der Waals surface area contributed by atoms with Crippen LogP contribution >= 0.6 is 0 Å². The van der Waals surface area contributed by atoms with Gasteiger partial charge in [0.05, 0.1) is 17.1 Å². The molecule has 0 spiro atoms. The number of fused-ring (bicyclic) bond motifs is 11. The molecule has 1 atom stereocenters. The standard InChI is InChI=1S/C51H36N2/c1-2-14-33(15-3-1)37-31-46(52-47(32-37)42-26-13-18-34-16-4-6-21-39(34)42)36-19-12-20-38(30-36)53-48-27-11-10-25-45(48)50-49-40-22-7-5-17-35(40)28-29-43(49)41-23-8-9-24-44(41)51(50)53/h1-3,5,7-32,46,52H,4,6H2. The molecular weight excluding hydrogens is 641 g/mol. The zero-order valence-electron chi connectivity index (χ0n) is 29.3. The quantitative estimate of drug-likeness (QED) is 0.184. The molecular formula is C51H36N2. The Morgan fingerprint density at radius 1 is 0.547 bits per heavy atom. The Bertz CT molecular complexity index is 3140. The predicted octanol–water partition coefficient (Wildman–Crippen LogP) is 11.4. The van der Waals surface area contributed by atoms with E-state index < -0.39 is 0 Å². The van der Waals surface area contributed by atoms with Crippen LogP contribution in [0.4, 0.5) is 0 Å². The SMILES string of the molecule is C1=C(c2ccccc2)C=C(c2cccc3c2=CCCC=3)NC1c1cccc(-n2c3ccccc3c3c4c5ccccc5ccc4c4ccccc4c32)c1. The Labute approximate surface area is 307 Å². The number of hydrogen-bond donors (Lipinski definition) is 1. The lowest BCUT2D eigenvalue weighted by Gasteiger charge is -2.27. The molecule has 2 aliphatic rings. The van der Waals surface area contributed by atoms with Crippen molar-refractivity contribution in [2.24, 2.45) is 0 Å². The summed E-state index contributed by atoms with van der Waals surface area (Å²) < 4.78 is 2.51. The fraction of sp³-hybridized carbons (Fsp3) is 0.0588. The van der Waals surface area contributed by atoms with Crippen LogP contribution in [-0.4, -0.2) is 4.57 Å². The minimum Gasteiger partial charge on any atom is -0.374 e. The smallest absolute Gasteiger partial charge is 0.0707 e. The molecule has 8 aromatic carbocycles. The second kappa shape index (κ2) is 12.0. The Morgan fingerprint density at radius 3 is 2.21 bits per heavy atom. The summed E-state index contributed by atoms with van der Waals surface area (Å²) in [6, 6.07) is 58.0. The van der Waals surface area contributed by atoms with Crippen LogP contribution in [0.1, 0.15) is 35.6 Å². The third-order valence-corrected chi connectivity index (χ3v) is 11.4. The second-order valence-corrected chi connectivity index (χ2v) is 14.4. The molecule has 1 aliphatic carbocycles. The molecule has 2 nitrogen and oxygen atoms in total. The number of para-hydroxylation sites is 1. The van der Waals surface area contributed by atoms with E-state index >= 15 is 0 Å². The van der Waals surface area contributed by atoms with E-state index in [9.17, 15) is 0 Å². The van der Waals surface area contributed by atoms with Gasteiger partial charge in [0.1, 0.15) is 0 Å². The molecule has 1 N–H and O–H groups in total. The first-order chi connectivity index (χ1) is 26.3. The van der Waals surface area contributed by atoms with Gasteiger partial charge in [-0.15, -0.1) is 0 Å². The minimum absolute atomic E-state index is 0.0248. The Morgan fingerprint density at radius 2 is 1.30 bits per heavy atom. The van der Waals surface area contributed by atoms with Gasteiger partial charge in [-0.25, -0.2) is 0 Å². The zero-order chi connectivity index (χ0) is 34.9. The number of hydrogen-bond acceptors (Lipinski definition) is 1. The highest BCUT2D eigenvalue weighted by atomic mass is 15.0. The van der Waals surface area contributed by atoms with Gasteiger partial charge in [-0.2, -0.15) is 0 Å². The highest BCUT2D eigenvalue weighted by Crippen LogP contribution is 2.45. The topological polar surface area (TPSA) is 17.0 Å². The monoisotopic (exact) mass is 676 g/mol. The number of allylic oxidation sites excluding steroid dienone is 2. The third-order valence-electron chi connectivity index (χ3n) is 11.4. The van der Waals surface area contributed by atoms with Crippen LogP contribution in [0, 0.1) is 0 Å². The summed E-state index contributed by atoms with van der Waals surface area (Å²) in [6.07, 6.45) is 11.7. The molecule has 11 rings (SSSR count). The van der Waals surface area contributed by atoms with Crippen molar-refractivity contribution in [3.8, 4) is 5.69 Å². The maximum atomic E-state index is 4.00. The Kier molecular flexibility index (Phi) is 6.78. The summed E-state index contributed by atoms with van der Waals surface area (Å²) in [5.74, 6) is 0. The van der Waals surface area contributed by atoms with Gasteiger partial charge >= 0.3 is 0 Å². The average molecular weight is 677 g/mol. The van der Waals surface area contributed by atoms with Crippen LogP contribution in [0.3, 0.4) is 0 Å². The highest BCUT2D eigenvalue weighted by Gasteiger charge is 2.23. The largest absolute Gasteiger partial charge is 0.374 e. The van der Waals surface area contributed by atoms with Crippen LogP contribution in [0.25, 0.3) is 83.2 Å². The molecule has 250 valence electrons. The molecule has 0 amide bonds. The van der Waals surface area contributed by atoms with Crippen molar-refractivity contribution in [3.05, 3.63) is 197 Å². The van der Waals surface area contributed by atoms with Gasteiger partial charge in [0.2, 0.25) is 0 Å². The van der Waals surface area contributed by atoms with Crippen LogP contribution < -0.4 is 15.8 Å². The van der Waals surface area contributed by atoms with Crippen molar-refractivity contribution >= 4 is 77.5 Å². The molecule has 1 unspecified atom stereocenters. The molecule has 0 fully saturated rings. The lowest BCUT2D eigenvalue weighted by atomic mass is 9.92. The van der Waals surface area contributed by atoms with Gasteiger partial charge < -0.3 is 9.88 Å². The van der Waals surface area contributed by atoms with Gasteiger partial charge in [-0.1, -0.05) is 152 Å². The Balaban J connectivity index is 1.16. The molecule has 0 bridgehead atoms. The lowest BCUT2D eigenvalue weighted by Crippen LogP contribution is -2.33. The molecule has 0 radical (unpaired) electrons. The molecule has 9 aromatic rings. The van der Waals surface area contributed by atoms with E-state index in [1.165, 1.54) is 86.8 Å². The molecule has 0 saturated carbocycles. The molecule has 2 heteroatoms. The van der Waals surface area contributed by atoms with Gasteiger partial charge in [0, 0.05) is 38.5 Å². The molecule has 53 heavy (non-hydrogen) atoms. The van der Waals surface area contributed by atoms with E-state index in [4.69, 9.17) is 0 Å². The molecule has 1 aromatic heterocycles. The predicted molar refractivity (Wildman–Crippen MR) is 225 cm³/mol. The first kappa shape index (κ1) is 30.0. The first-order valence-electron chi connectivity index (χ1n) is 18.7. The Hall–Kier alpha value is -6.64. The van der Waals surface area contributed by atoms with Gasteiger partial charge in [-0.05, 0) is 91.9 Å². The number of nitrogens with zero attached hydrogens (tertiary/aromatic N) is 1. The van der Waals surface area contributed by atoms with Crippen LogP contribution in [0.2, 0.25) is 0 Å². The first-order valence-corrected chi connectivity index (χ1v) is 18.7. The van der Waals surface area contributed by atoms with Crippen molar-refractivity contribution in [2.75, 3.05) is 0 Å². The van der Waals surface area contributed by atoms with E-state index in [2.05, 4.69) is 192 Å². The van der Waals surface area contributed by atoms with Crippen LogP contribution in [0.15, 0.2) is 170 Å². The third kappa shape index (κ3) is 4.72. The van der Waals surface area contributed by atoms with Gasteiger partial charge in [-0.3, -0.25) is 0 Å². The fourth-order valence-corrected chi connectivity index (χ4v) is 9.03. The molecule has 1 aliphatic heterocycles. The van der Waals surface area contributed by atoms with Crippen molar-refractivity contribution < 1.29 is 0 Å². The molecule has 0 saturated heterocycles. The summed E-state index contributed by atoms with van der Waals surface area (Å²) >= 11 is 0. The summed E-state index contributed by atoms with van der Waals surface area (Å²) in [6.45, 7) is 0. The van der Waals surface area contributed by atoms with E-state index in [0.717, 1.165) is 24.2 Å². The van der Waals surface area contributed by atoms with E-state index in [-0.39, 0.29) is 6.04 Å². The number of aromatic nitrogens is 1. The normalized spacial score (nSPS) is 15.5. The maximum absolute atomic E-state index is 4.00. The molecule has 2 heterocycles. The second-order valence-electron chi connectivity index (χ2n) is 14.4. The summed E-state index contributed by atoms with van der Waals surface area (Å²) in [7, 11) is 0. The average Bonchev–Trinajstić information content (AvgIpc) is 3.59. The lowest BCUT2D eigenvalue weighted by molar-refractivity contribution is 0.765. The highest BCUT2D eigenvalue weighted by molar-refractivity contribution is 6.36. The van der Waals surface area contributed by atoms with Crippen molar-refractivity contribution in [3.63, 3.8) is 0 Å². The summed E-state index contributed by atoms with van der Waals surface area (Å²) in [5, 5.41) is 17.0. The van der Waals surface area contributed by atoms with Gasteiger partial charge in [0.25, 0.3) is 0 Å². The fourth-order valence-electron chi connectivity index (χ4n) is 9.03. The van der Waals surface area contributed by atoms with Crippen molar-refractivity contribution in [2.45, 2.75) is 18.9 Å².